The van der Waals surface area contributed by atoms with E-state index in [9.17, 15) is 4.79 Å². The van der Waals surface area contributed by atoms with Crippen molar-refractivity contribution in [3.63, 3.8) is 0 Å². The first-order chi connectivity index (χ1) is 19.3. The van der Waals surface area contributed by atoms with E-state index in [1.807, 2.05) is 12.1 Å². The zero-order chi connectivity index (χ0) is 28.4. The Morgan fingerprint density at radius 2 is 1.65 bits per heavy atom. The van der Waals surface area contributed by atoms with E-state index < -0.39 is 6.03 Å². The molecule has 3 aromatic carbocycles. The van der Waals surface area contributed by atoms with E-state index >= 15 is 0 Å². The van der Waals surface area contributed by atoms with Gasteiger partial charge in [0.05, 0.1) is 17.1 Å². The van der Waals surface area contributed by atoms with Gasteiger partial charge in [0.1, 0.15) is 0 Å². The summed E-state index contributed by atoms with van der Waals surface area (Å²) in [6.45, 7) is 13.1. The number of nitrogens with zero attached hydrogens (tertiary/aromatic N) is 3. The highest BCUT2D eigenvalue weighted by Gasteiger charge is 2.33. The summed E-state index contributed by atoms with van der Waals surface area (Å²) in [5.74, 6) is 0.466. The zero-order valence-corrected chi connectivity index (χ0v) is 24.4. The summed E-state index contributed by atoms with van der Waals surface area (Å²) in [4.78, 5) is 14.1. The van der Waals surface area contributed by atoms with Crippen LogP contribution in [0.3, 0.4) is 0 Å². The van der Waals surface area contributed by atoms with Crippen molar-refractivity contribution in [1.82, 2.24) is 14.7 Å². The number of amides is 2. The lowest BCUT2D eigenvalue weighted by molar-refractivity contribution is 0.139. The fourth-order valence-electron chi connectivity index (χ4n) is 6.33. The van der Waals surface area contributed by atoms with Crippen LogP contribution in [0.15, 0.2) is 66.7 Å². The van der Waals surface area contributed by atoms with Crippen molar-refractivity contribution >= 4 is 11.7 Å². The summed E-state index contributed by atoms with van der Waals surface area (Å²) in [5.41, 5.74) is 17.2. The Hall–Kier alpha value is -3.90. The van der Waals surface area contributed by atoms with Gasteiger partial charge in [0.25, 0.3) is 0 Å². The van der Waals surface area contributed by atoms with Gasteiger partial charge in [-0.1, -0.05) is 82.3 Å². The zero-order valence-electron chi connectivity index (χ0n) is 24.4. The van der Waals surface area contributed by atoms with Crippen LogP contribution in [-0.4, -0.2) is 27.3 Å². The van der Waals surface area contributed by atoms with Crippen molar-refractivity contribution in [3.8, 4) is 16.9 Å². The Morgan fingerprint density at radius 1 is 0.975 bits per heavy atom. The maximum atomic E-state index is 11.4. The Kier molecular flexibility index (Phi) is 8.08. The van der Waals surface area contributed by atoms with Gasteiger partial charge in [-0.25, -0.2) is 9.48 Å². The molecule has 3 N–H and O–H groups in total. The Morgan fingerprint density at radius 3 is 2.25 bits per heavy atom. The van der Waals surface area contributed by atoms with Crippen LogP contribution >= 0.6 is 0 Å². The average Bonchev–Trinajstić information content (AvgIpc) is 3.32. The number of benzene rings is 3. The van der Waals surface area contributed by atoms with E-state index in [4.69, 9.17) is 10.8 Å². The lowest BCUT2D eigenvalue weighted by Gasteiger charge is -2.38. The van der Waals surface area contributed by atoms with Gasteiger partial charge in [-0.05, 0) is 60.1 Å². The van der Waals surface area contributed by atoms with Crippen LogP contribution in [0.5, 0.6) is 0 Å². The van der Waals surface area contributed by atoms with Gasteiger partial charge in [-0.15, -0.1) is 0 Å². The second kappa shape index (κ2) is 11.7. The van der Waals surface area contributed by atoms with Gasteiger partial charge in [-0.3, -0.25) is 4.90 Å². The first-order valence-electron chi connectivity index (χ1n) is 14.5. The van der Waals surface area contributed by atoms with Crippen molar-refractivity contribution in [2.45, 2.75) is 66.5 Å². The van der Waals surface area contributed by atoms with Crippen LogP contribution < -0.4 is 11.1 Å². The molecular weight excluding hydrogens is 494 g/mol. The van der Waals surface area contributed by atoms with E-state index in [2.05, 4.69) is 104 Å². The van der Waals surface area contributed by atoms with Crippen molar-refractivity contribution in [3.05, 3.63) is 100 Å². The summed E-state index contributed by atoms with van der Waals surface area (Å²) in [6.07, 6.45) is 2.77. The van der Waals surface area contributed by atoms with Crippen LogP contribution in [0.2, 0.25) is 0 Å². The summed E-state index contributed by atoms with van der Waals surface area (Å²) >= 11 is 0. The van der Waals surface area contributed by atoms with Gasteiger partial charge in [0.2, 0.25) is 0 Å². The Balaban J connectivity index is 1.67. The van der Waals surface area contributed by atoms with Crippen LogP contribution in [0.1, 0.15) is 67.2 Å². The van der Waals surface area contributed by atoms with E-state index in [1.165, 1.54) is 39.2 Å². The predicted octanol–water partition coefficient (Wildman–Crippen LogP) is 7.22. The van der Waals surface area contributed by atoms with Crippen LogP contribution in [0.4, 0.5) is 10.5 Å². The minimum absolute atomic E-state index is 0.321. The number of primary amides is 1. The van der Waals surface area contributed by atoms with Gasteiger partial charge < -0.3 is 11.1 Å². The molecule has 6 heteroatoms. The number of hydrogen-bond donors (Lipinski definition) is 2. The largest absolute Gasteiger partial charge is 0.351 e. The average molecular weight is 536 g/mol. The molecule has 0 bridgehead atoms. The van der Waals surface area contributed by atoms with Gasteiger partial charge in [0.15, 0.2) is 0 Å². The molecule has 208 valence electrons. The van der Waals surface area contributed by atoms with Crippen molar-refractivity contribution < 1.29 is 4.79 Å². The highest BCUT2D eigenvalue weighted by atomic mass is 16.2. The Bertz CT molecular complexity index is 1480. The third-order valence-electron chi connectivity index (χ3n) is 8.20. The third kappa shape index (κ3) is 5.28. The van der Waals surface area contributed by atoms with Gasteiger partial charge in [0, 0.05) is 42.4 Å². The number of rotatable bonds is 8. The lowest BCUT2D eigenvalue weighted by Crippen LogP contribution is -2.36. The summed E-state index contributed by atoms with van der Waals surface area (Å²) in [7, 11) is 0. The van der Waals surface area contributed by atoms with Gasteiger partial charge >= 0.3 is 6.03 Å². The summed E-state index contributed by atoms with van der Waals surface area (Å²) in [6, 6.07) is 23.1. The number of nitrogens with two attached hydrogens (primary N) is 1. The minimum Gasteiger partial charge on any atom is -0.351 e. The van der Waals surface area contributed by atoms with Crippen molar-refractivity contribution in [1.29, 1.82) is 0 Å². The second-order valence-electron chi connectivity index (χ2n) is 11.2. The SMILES string of the molecule is CCc1cccc(CC)c1-n1nc2c(c1-c1ccc(NC(N)=O)cc1)CN(C(c1ccccc1C)C(C)C)CC2. The topological polar surface area (TPSA) is 76.2 Å². The smallest absolute Gasteiger partial charge is 0.316 e. The molecule has 0 saturated heterocycles. The number of urea groups is 1. The molecule has 0 fully saturated rings. The molecule has 0 saturated carbocycles. The molecule has 40 heavy (non-hydrogen) atoms. The van der Waals surface area contributed by atoms with E-state index in [-0.39, 0.29) is 0 Å². The summed E-state index contributed by atoms with van der Waals surface area (Å²) in [5, 5.41) is 8.00. The number of aryl methyl sites for hydroxylation is 3. The van der Waals surface area contributed by atoms with Crippen LogP contribution in [0, 0.1) is 12.8 Å². The molecular formula is C34H41N5O. The van der Waals surface area contributed by atoms with E-state index in [0.29, 0.717) is 17.6 Å². The highest BCUT2D eigenvalue weighted by Crippen LogP contribution is 2.39. The molecule has 1 atom stereocenters. The molecule has 1 aliphatic heterocycles. The van der Waals surface area contributed by atoms with E-state index in [1.54, 1.807) is 0 Å². The molecule has 0 spiro atoms. The first kappa shape index (κ1) is 27.7. The lowest BCUT2D eigenvalue weighted by atomic mass is 9.89. The molecule has 2 heterocycles. The summed E-state index contributed by atoms with van der Waals surface area (Å²) < 4.78 is 2.21. The quantitative estimate of drug-likeness (QED) is 0.250. The second-order valence-corrected chi connectivity index (χ2v) is 11.2. The first-order valence-corrected chi connectivity index (χ1v) is 14.5. The fourth-order valence-corrected chi connectivity index (χ4v) is 6.33. The number of nitrogens with one attached hydrogen (secondary N) is 1. The number of fused-ring (bicyclic) bond motifs is 1. The number of carbonyl (C=O) groups is 1. The number of hydrogen-bond acceptors (Lipinski definition) is 3. The fraction of sp³-hybridized carbons (Fsp3) is 0.353. The third-order valence-corrected chi connectivity index (χ3v) is 8.20. The standard InChI is InChI=1S/C34H41N5O/c1-6-24-12-10-13-25(7-2)32(24)39-33(26-15-17-27(18-16-26)36-34(35)40)29-21-38(20-19-30(29)37-39)31(22(3)4)28-14-9-8-11-23(28)5/h8-18,22,31H,6-7,19-21H2,1-5H3,(H3,35,36,40). The van der Waals surface area contributed by atoms with Crippen LogP contribution in [0.25, 0.3) is 16.9 Å². The molecule has 2 amide bonds. The molecule has 1 aromatic heterocycles. The molecule has 6 nitrogen and oxygen atoms in total. The van der Waals surface area contributed by atoms with Crippen molar-refractivity contribution in [2.75, 3.05) is 11.9 Å². The maximum absolute atomic E-state index is 11.4. The maximum Gasteiger partial charge on any atom is 0.316 e. The molecule has 0 radical (unpaired) electrons. The highest BCUT2D eigenvalue weighted by molar-refractivity contribution is 5.88. The normalized spacial score (nSPS) is 14.2. The number of anilines is 1. The number of aromatic nitrogens is 2. The molecule has 1 unspecified atom stereocenters. The number of carbonyl (C=O) groups excluding carboxylic acids is 1. The molecule has 1 aliphatic rings. The van der Waals surface area contributed by atoms with Crippen molar-refractivity contribution in [2.24, 2.45) is 11.7 Å². The molecule has 5 rings (SSSR count). The van der Waals surface area contributed by atoms with E-state index in [0.717, 1.165) is 43.6 Å². The Labute approximate surface area is 238 Å². The minimum atomic E-state index is -0.564. The monoisotopic (exact) mass is 535 g/mol. The molecule has 4 aromatic rings. The van der Waals surface area contributed by atoms with Gasteiger partial charge in [-0.2, -0.15) is 5.10 Å². The number of para-hydroxylation sites is 1. The molecule has 0 aliphatic carbocycles. The van der Waals surface area contributed by atoms with Crippen LogP contribution in [-0.2, 0) is 25.8 Å². The predicted molar refractivity (Wildman–Crippen MR) is 164 cm³/mol.